The molecule has 0 radical (unpaired) electrons. The summed E-state index contributed by atoms with van der Waals surface area (Å²) in [5.41, 5.74) is 3.50. The van der Waals surface area contributed by atoms with Gasteiger partial charge in [0.05, 0.1) is 9.82 Å². The lowest BCUT2D eigenvalue weighted by atomic mass is 10.1. The largest absolute Gasteiger partial charge is 0.309 e. The van der Waals surface area contributed by atoms with Gasteiger partial charge in [-0.2, -0.15) is 0 Å². The highest BCUT2D eigenvalue weighted by Gasteiger charge is 2.19. The molecule has 0 aliphatic carbocycles. The van der Waals surface area contributed by atoms with Crippen LogP contribution in [-0.2, 0) is 29.7 Å². The van der Waals surface area contributed by atoms with Crippen molar-refractivity contribution in [1.29, 1.82) is 0 Å². The number of nitro benzene ring substituents is 1. The Hall–Kier alpha value is -2.00. The fraction of sp³-hybridized carbons (Fsp3) is 0.250. The lowest BCUT2D eigenvalue weighted by Crippen LogP contribution is -2.23. The zero-order valence-corrected chi connectivity index (χ0v) is 15.1. The summed E-state index contributed by atoms with van der Waals surface area (Å²) in [5.74, 6) is 0. The molecule has 7 nitrogen and oxygen atoms in total. The molecule has 3 rings (SSSR count). The summed E-state index contributed by atoms with van der Waals surface area (Å²) in [7, 11) is -3.73. The van der Waals surface area contributed by atoms with E-state index >= 15 is 0 Å². The second kappa shape index (κ2) is 7.49. The van der Waals surface area contributed by atoms with E-state index in [1.807, 2.05) is 18.2 Å². The third-order valence-electron chi connectivity index (χ3n) is 4.04. The SMILES string of the molecule is Cc1cc(S(=O)(=O)NCc2ccc3c(c2)CNC3)ccc1[N+](=O)[O-].Cl. The Bertz CT molecular complexity index is 916. The number of benzene rings is 2. The number of aryl methyl sites for hydroxylation is 1. The predicted molar refractivity (Wildman–Crippen MR) is 96.1 cm³/mol. The van der Waals surface area contributed by atoms with Gasteiger partial charge in [0.1, 0.15) is 0 Å². The molecule has 2 aromatic rings. The average Bonchev–Trinajstić information content (AvgIpc) is 3.00. The van der Waals surface area contributed by atoms with E-state index in [-0.39, 0.29) is 29.5 Å². The Morgan fingerprint density at radius 3 is 2.56 bits per heavy atom. The normalized spacial score (nSPS) is 13.2. The highest BCUT2D eigenvalue weighted by molar-refractivity contribution is 7.89. The third kappa shape index (κ3) is 4.16. The van der Waals surface area contributed by atoms with Crippen molar-refractivity contribution in [3.05, 3.63) is 68.8 Å². The van der Waals surface area contributed by atoms with Gasteiger partial charge in [0.2, 0.25) is 10.0 Å². The number of rotatable bonds is 5. The molecule has 2 aromatic carbocycles. The van der Waals surface area contributed by atoms with Gasteiger partial charge in [-0.1, -0.05) is 18.2 Å². The van der Waals surface area contributed by atoms with Gasteiger partial charge in [0.15, 0.2) is 0 Å². The number of nitro groups is 1. The van der Waals surface area contributed by atoms with Crippen molar-refractivity contribution in [1.82, 2.24) is 10.0 Å². The van der Waals surface area contributed by atoms with Crippen molar-refractivity contribution < 1.29 is 13.3 Å². The molecule has 2 N–H and O–H groups in total. The summed E-state index contributed by atoms with van der Waals surface area (Å²) >= 11 is 0. The first-order valence-electron chi connectivity index (χ1n) is 7.43. The Labute approximate surface area is 152 Å². The monoisotopic (exact) mass is 383 g/mol. The van der Waals surface area contributed by atoms with Crippen LogP contribution in [0.15, 0.2) is 41.3 Å². The number of hydrogen-bond donors (Lipinski definition) is 2. The summed E-state index contributed by atoms with van der Waals surface area (Å²) in [6.45, 7) is 3.32. The molecule has 9 heteroatoms. The second-order valence-corrected chi connectivity index (χ2v) is 7.50. The topological polar surface area (TPSA) is 101 Å². The number of sulfonamides is 1. The van der Waals surface area contributed by atoms with Crippen LogP contribution in [0.5, 0.6) is 0 Å². The first-order valence-corrected chi connectivity index (χ1v) is 8.91. The molecule has 1 heterocycles. The molecule has 0 unspecified atom stereocenters. The maximum absolute atomic E-state index is 12.4. The molecule has 1 aliphatic rings. The number of nitrogens with zero attached hydrogens (tertiary/aromatic N) is 1. The van der Waals surface area contributed by atoms with Crippen LogP contribution in [0, 0.1) is 17.0 Å². The van der Waals surface area contributed by atoms with Crippen molar-refractivity contribution in [2.45, 2.75) is 31.5 Å². The fourth-order valence-corrected chi connectivity index (χ4v) is 3.82. The average molecular weight is 384 g/mol. The van der Waals surface area contributed by atoms with Crippen LogP contribution < -0.4 is 10.0 Å². The molecular formula is C16H18ClN3O4S. The first kappa shape index (κ1) is 19.3. The van der Waals surface area contributed by atoms with Gasteiger partial charge in [-0.25, -0.2) is 13.1 Å². The summed E-state index contributed by atoms with van der Waals surface area (Å²) in [6, 6.07) is 9.65. The highest BCUT2D eigenvalue weighted by atomic mass is 35.5. The van der Waals surface area contributed by atoms with Crippen molar-refractivity contribution in [2.24, 2.45) is 0 Å². The van der Waals surface area contributed by atoms with E-state index in [1.54, 1.807) is 0 Å². The molecule has 25 heavy (non-hydrogen) atoms. The molecule has 134 valence electrons. The highest BCUT2D eigenvalue weighted by Crippen LogP contribution is 2.22. The maximum Gasteiger partial charge on any atom is 0.272 e. The van der Waals surface area contributed by atoms with E-state index in [1.165, 1.54) is 36.2 Å². The molecule has 0 atom stereocenters. The van der Waals surface area contributed by atoms with E-state index in [2.05, 4.69) is 10.0 Å². The van der Waals surface area contributed by atoms with Crippen molar-refractivity contribution in [3.8, 4) is 0 Å². The summed E-state index contributed by atoms with van der Waals surface area (Å²) < 4.78 is 27.3. The van der Waals surface area contributed by atoms with Gasteiger partial charge in [-0.05, 0) is 35.7 Å². The molecule has 0 amide bonds. The zero-order valence-electron chi connectivity index (χ0n) is 13.5. The number of fused-ring (bicyclic) bond motifs is 1. The van der Waals surface area contributed by atoms with Crippen LogP contribution in [0.3, 0.4) is 0 Å². The van der Waals surface area contributed by atoms with E-state index in [9.17, 15) is 18.5 Å². The second-order valence-electron chi connectivity index (χ2n) is 5.74. The smallest absolute Gasteiger partial charge is 0.272 e. The predicted octanol–water partition coefficient (Wildman–Crippen LogP) is 2.41. The quantitative estimate of drug-likeness (QED) is 0.609. The molecular weight excluding hydrogens is 366 g/mol. The molecule has 0 fully saturated rings. The Kier molecular flexibility index (Phi) is 5.79. The van der Waals surface area contributed by atoms with Gasteiger partial charge >= 0.3 is 0 Å². The zero-order chi connectivity index (χ0) is 17.3. The molecule has 0 saturated carbocycles. The lowest BCUT2D eigenvalue weighted by molar-refractivity contribution is -0.385. The van der Waals surface area contributed by atoms with Gasteiger partial charge in [0.25, 0.3) is 5.69 Å². The Morgan fingerprint density at radius 1 is 1.16 bits per heavy atom. The van der Waals surface area contributed by atoms with Gasteiger partial charge in [-0.3, -0.25) is 10.1 Å². The van der Waals surface area contributed by atoms with Crippen LogP contribution in [0.2, 0.25) is 0 Å². The minimum Gasteiger partial charge on any atom is -0.309 e. The standard InChI is InChI=1S/C16H17N3O4S.ClH/c1-11-6-15(4-5-16(11)19(20)21)24(22,23)18-8-12-2-3-13-9-17-10-14(13)7-12;/h2-7,17-18H,8-10H2,1H3;1H. The van der Waals surface area contributed by atoms with Crippen LogP contribution >= 0.6 is 12.4 Å². The third-order valence-corrected chi connectivity index (χ3v) is 5.44. The van der Waals surface area contributed by atoms with E-state index in [0.29, 0.717) is 5.56 Å². The van der Waals surface area contributed by atoms with E-state index < -0.39 is 14.9 Å². The summed E-state index contributed by atoms with van der Waals surface area (Å²) in [5, 5.41) is 14.1. The Morgan fingerprint density at radius 2 is 1.88 bits per heavy atom. The molecule has 0 spiro atoms. The molecule has 1 aliphatic heterocycles. The number of halogens is 1. The van der Waals surface area contributed by atoms with Crippen LogP contribution in [0.1, 0.15) is 22.3 Å². The molecule has 0 aromatic heterocycles. The van der Waals surface area contributed by atoms with Crippen LogP contribution in [-0.4, -0.2) is 13.3 Å². The summed E-state index contributed by atoms with van der Waals surface area (Å²) in [4.78, 5) is 10.3. The lowest BCUT2D eigenvalue weighted by Gasteiger charge is -2.09. The Balaban J connectivity index is 0.00000225. The van der Waals surface area contributed by atoms with Gasteiger partial charge < -0.3 is 5.32 Å². The van der Waals surface area contributed by atoms with E-state index in [0.717, 1.165) is 18.7 Å². The first-order chi connectivity index (χ1) is 11.4. The minimum absolute atomic E-state index is 0. The number of hydrogen-bond acceptors (Lipinski definition) is 5. The summed E-state index contributed by atoms with van der Waals surface area (Å²) in [6.07, 6.45) is 0. The van der Waals surface area contributed by atoms with Crippen molar-refractivity contribution in [3.63, 3.8) is 0 Å². The van der Waals surface area contributed by atoms with Crippen LogP contribution in [0.25, 0.3) is 0 Å². The van der Waals surface area contributed by atoms with E-state index in [4.69, 9.17) is 0 Å². The molecule has 0 bridgehead atoms. The van der Waals surface area contributed by atoms with Gasteiger partial charge in [-0.15, -0.1) is 12.4 Å². The number of nitrogens with one attached hydrogen (secondary N) is 2. The fourth-order valence-electron chi connectivity index (χ4n) is 2.72. The van der Waals surface area contributed by atoms with Crippen molar-refractivity contribution >= 4 is 28.1 Å². The van der Waals surface area contributed by atoms with Gasteiger partial charge in [0, 0.05) is 31.3 Å². The van der Waals surface area contributed by atoms with Crippen molar-refractivity contribution in [2.75, 3.05) is 0 Å². The maximum atomic E-state index is 12.4. The minimum atomic E-state index is -3.73. The molecule has 0 saturated heterocycles. The van der Waals surface area contributed by atoms with Crippen LogP contribution in [0.4, 0.5) is 5.69 Å².